The fourth-order valence-electron chi connectivity index (χ4n) is 2.66. The molecule has 0 aliphatic heterocycles. The van der Waals surface area contributed by atoms with Gasteiger partial charge >= 0.3 is 0 Å². The Morgan fingerprint density at radius 1 is 1.08 bits per heavy atom. The topological polar surface area (TPSA) is 56.8 Å². The molecule has 1 atom stereocenters. The van der Waals surface area contributed by atoms with Gasteiger partial charge in [0.1, 0.15) is 5.75 Å². The third-order valence-electron chi connectivity index (χ3n) is 4.09. The Bertz CT molecular complexity index is 730. The van der Waals surface area contributed by atoms with Crippen LogP contribution in [0.2, 0.25) is 0 Å². The van der Waals surface area contributed by atoms with Crippen LogP contribution in [0.15, 0.2) is 42.5 Å². The number of ether oxygens (including phenoxy) is 3. The molecule has 0 heterocycles. The molecule has 2 aromatic rings. The smallest absolute Gasteiger partial charge is 0.261 e. The third kappa shape index (κ3) is 5.41. The van der Waals surface area contributed by atoms with Crippen LogP contribution in [0.5, 0.6) is 17.2 Å². The monoisotopic (exact) mass is 357 g/mol. The van der Waals surface area contributed by atoms with Gasteiger partial charge in [0, 0.05) is 6.54 Å². The molecule has 0 aliphatic carbocycles. The average molecular weight is 357 g/mol. The van der Waals surface area contributed by atoms with Crippen molar-refractivity contribution in [2.75, 3.05) is 20.8 Å². The fraction of sp³-hybridized carbons (Fsp3) is 0.381. The largest absolute Gasteiger partial charge is 0.493 e. The van der Waals surface area contributed by atoms with Gasteiger partial charge in [-0.25, -0.2) is 0 Å². The SMILES string of the molecule is CC[C@@H](Oc1cccc(C)c1)C(=O)NCCc1ccc(OC)c(OC)c1. The van der Waals surface area contributed by atoms with Crippen LogP contribution in [0.25, 0.3) is 0 Å². The van der Waals surface area contributed by atoms with Crippen LogP contribution in [-0.4, -0.2) is 32.8 Å². The van der Waals surface area contributed by atoms with E-state index in [4.69, 9.17) is 14.2 Å². The average Bonchev–Trinajstić information content (AvgIpc) is 2.65. The standard InChI is InChI=1S/C21H27NO4/c1-5-18(26-17-8-6-7-15(2)13-17)21(23)22-12-11-16-9-10-19(24-3)20(14-16)25-4/h6-10,13-14,18H,5,11-12H2,1-4H3,(H,22,23)/t18-/m1/s1. The Labute approximate surface area is 155 Å². The normalized spacial score (nSPS) is 11.5. The summed E-state index contributed by atoms with van der Waals surface area (Å²) in [6, 6.07) is 13.5. The quantitative estimate of drug-likeness (QED) is 0.746. The van der Waals surface area contributed by atoms with Crippen LogP contribution in [0, 0.1) is 6.92 Å². The Hall–Kier alpha value is -2.69. The molecule has 5 heteroatoms. The first-order valence-electron chi connectivity index (χ1n) is 8.79. The summed E-state index contributed by atoms with van der Waals surface area (Å²) in [5.41, 5.74) is 2.17. The molecule has 2 aromatic carbocycles. The van der Waals surface area contributed by atoms with E-state index in [-0.39, 0.29) is 5.91 Å². The minimum absolute atomic E-state index is 0.102. The van der Waals surface area contributed by atoms with E-state index in [0.717, 1.165) is 11.1 Å². The van der Waals surface area contributed by atoms with Gasteiger partial charge in [-0.3, -0.25) is 4.79 Å². The highest BCUT2D eigenvalue weighted by atomic mass is 16.5. The molecular weight excluding hydrogens is 330 g/mol. The van der Waals surface area contributed by atoms with Gasteiger partial charge in [-0.05, 0) is 55.2 Å². The van der Waals surface area contributed by atoms with Crippen molar-refractivity contribution in [3.05, 3.63) is 53.6 Å². The van der Waals surface area contributed by atoms with E-state index < -0.39 is 6.10 Å². The zero-order chi connectivity index (χ0) is 18.9. The number of benzene rings is 2. The molecule has 0 fully saturated rings. The summed E-state index contributed by atoms with van der Waals surface area (Å²) in [6.45, 7) is 4.47. The summed E-state index contributed by atoms with van der Waals surface area (Å²) in [5.74, 6) is 1.99. The zero-order valence-electron chi connectivity index (χ0n) is 15.9. The summed E-state index contributed by atoms with van der Waals surface area (Å²) in [7, 11) is 3.22. The molecule has 0 unspecified atom stereocenters. The molecule has 140 valence electrons. The molecule has 1 amide bonds. The maximum Gasteiger partial charge on any atom is 0.261 e. The van der Waals surface area contributed by atoms with Gasteiger partial charge in [0.05, 0.1) is 14.2 Å². The number of hydrogen-bond donors (Lipinski definition) is 1. The zero-order valence-corrected chi connectivity index (χ0v) is 15.9. The molecule has 0 saturated carbocycles. The molecule has 0 spiro atoms. The van der Waals surface area contributed by atoms with Crippen molar-refractivity contribution in [3.63, 3.8) is 0 Å². The summed E-state index contributed by atoms with van der Waals surface area (Å²) < 4.78 is 16.4. The second-order valence-corrected chi connectivity index (χ2v) is 6.06. The van der Waals surface area contributed by atoms with E-state index in [9.17, 15) is 4.79 Å². The predicted octanol–water partition coefficient (Wildman–Crippen LogP) is 3.53. The molecule has 5 nitrogen and oxygen atoms in total. The van der Waals surface area contributed by atoms with Gasteiger partial charge < -0.3 is 19.5 Å². The molecular formula is C21H27NO4. The van der Waals surface area contributed by atoms with Crippen LogP contribution in [0.4, 0.5) is 0 Å². The van der Waals surface area contributed by atoms with Crippen molar-refractivity contribution in [3.8, 4) is 17.2 Å². The Morgan fingerprint density at radius 2 is 1.85 bits per heavy atom. The minimum atomic E-state index is -0.498. The van der Waals surface area contributed by atoms with Gasteiger partial charge in [0.25, 0.3) is 5.91 Å². The minimum Gasteiger partial charge on any atom is -0.493 e. The number of amides is 1. The van der Waals surface area contributed by atoms with Crippen LogP contribution in [-0.2, 0) is 11.2 Å². The first-order chi connectivity index (χ1) is 12.6. The van der Waals surface area contributed by atoms with Gasteiger partial charge in [-0.1, -0.05) is 25.1 Å². The van der Waals surface area contributed by atoms with Crippen LogP contribution in [0.3, 0.4) is 0 Å². The second-order valence-electron chi connectivity index (χ2n) is 6.06. The van der Waals surface area contributed by atoms with Crippen molar-refractivity contribution in [1.29, 1.82) is 0 Å². The first kappa shape index (κ1) is 19.6. The summed E-state index contributed by atoms with van der Waals surface area (Å²) in [5, 5.41) is 2.95. The van der Waals surface area contributed by atoms with Crippen molar-refractivity contribution in [2.24, 2.45) is 0 Å². The van der Waals surface area contributed by atoms with E-state index in [2.05, 4.69) is 5.32 Å². The van der Waals surface area contributed by atoms with Gasteiger partial charge in [-0.2, -0.15) is 0 Å². The highest BCUT2D eigenvalue weighted by Crippen LogP contribution is 2.27. The Morgan fingerprint density at radius 3 is 2.50 bits per heavy atom. The highest BCUT2D eigenvalue weighted by molar-refractivity contribution is 5.81. The van der Waals surface area contributed by atoms with Crippen LogP contribution >= 0.6 is 0 Å². The number of nitrogens with one attached hydrogen (secondary N) is 1. The maximum absolute atomic E-state index is 12.4. The lowest BCUT2D eigenvalue weighted by Crippen LogP contribution is -2.38. The Kier molecular flexibility index (Phi) is 7.33. The molecule has 26 heavy (non-hydrogen) atoms. The lowest BCUT2D eigenvalue weighted by atomic mass is 10.1. The predicted molar refractivity (Wildman–Crippen MR) is 102 cm³/mol. The number of hydrogen-bond acceptors (Lipinski definition) is 4. The Balaban J connectivity index is 1.88. The van der Waals surface area contributed by atoms with Crippen molar-refractivity contribution >= 4 is 5.91 Å². The molecule has 0 bridgehead atoms. The number of aryl methyl sites for hydroxylation is 1. The molecule has 2 rings (SSSR count). The number of carbonyl (C=O) groups excluding carboxylic acids is 1. The summed E-state index contributed by atoms with van der Waals surface area (Å²) in [6.07, 6.45) is 0.811. The lowest BCUT2D eigenvalue weighted by molar-refractivity contribution is -0.128. The molecule has 0 aromatic heterocycles. The molecule has 0 radical (unpaired) electrons. The van der Waals surface area contributed by atoms with E-state index >= 15 is 0 Å². The van der Waals surface area contributed by atoms with E-state index in [1.54, 1.807) is 14.2 Å². The fourth-order valence-corrected chi connectivity index (χ4v) is 2.66. The van der Waals surface area contributed by atoms with Gasteiger partial charge in [0.2, 0.25) is 0 Å². The maximum atomic E-state index is 12.4. The molecule has 1 N–H and O–H groups in total. The summed E-state index contributed by atoms with van der Waals surface area (Å²) >= 11 is 0. The highest BCUT2D eigenvalue weighted by Gasteiger charge is 2.18. The van der Waals surface area contributed by atoms with Crippen molar-refractivity contribution in [2.45, 2.75) is 32.8 Å². The first-order valence-corrected chi connectivity index (χ1v) is 8.79. The second kappa shape index (κ2) is 9.70. The summed E-state index contributed by atoms with van der Waals surface area (Å²) in [4.78, 5) is 12.4. The van der Waals surface area contributed by atoms with Gasteiger partial charge in [0.15, 0.2) is 17.6 Å². The van der Waals surface area contributed by atoms with Gasteiger partial charge in [-0.15, -0.1) is 0 Å². The third-order valence-corrected chi connectivity index (χ3v) is 4.09. The van der Waals surface area contributed by atoms with E-state index in [0.29, 0.717) is 36.6 Å². The van der Waals surface area contributed by atoms with Crippen molar-refractivity contribution < 1.29 is 19.0 Å². The van der Waals surface area contributed by atoms with E-state index in [1.165, 1.54) is 0 Å². The van der Waals surface area contributed by atoms with E-state index in [1.807, 2.05) is 56.3 Å². The lowest BCUT2D eigenvalue weighted by Gasteiger charge is -2.17. The molecule has 0 saturated heterocycles. The number of carbonyl (C=O) groups is 1. The number of rotatable bonds is 9. The van der Waals surface area contributed by atoms with Crippen molar-refractivity contribution in [1.82, 2.24) is 5.32 Å². The van der Waals surface area contributed by atoms with Crippen LogP contribution < -0.4 is 19.5 Å². The van der Waals surface area contributed by atoms with Crippen LogP contribution in [0.1, 0.15) is 24.5 Å². The molecule has 0 aliphatic rings. The number of methoxy groups -OCH3 is 2.